The summed E-state index contributed by atoms with van der Waals surface area (Å²) in [5.41, 5.74) is 1.85. The van der Waals surface area contributed by atoms with Gasteiger partial charge in [-0.3, -0.25) is 9.80 Å². The van der Waals surface area contributed by atoms with E-state index in [4.69, 9.17) is 9.47 Å². The van der Waals surface area contributed by atoms with Crippen molar-refractivity contribution in [1.29, 1.82) is 0 Å². The summed E-state index contributed by atoms with van der Waals surface area (Å²) in [4.78, 5) is 30.3. The van der Waals surface area contributed by atoms with Crippen molar-refractivity contribution in [2.24, 2.45) is 5.92 Å². The molecule has 0 aromatic heterocycles. The molecule has 0 unspecified atom stereocenters. The molecule has 4 rings (SSSR count). The molecule has 2 bridgehead atoms. The second kappa shape index (κ2) is 10.2. The Balaban J connectivity index is 1.61. The van der Waals surface area contributed by atoms with Crippen LogP contribution in [0.25, 0.3) is 0 Å². The van der Waals surface area contributed by atoms with Crippen LogP contribution in [0.2, 0.25) is 0 Å². The van der Waals surface area contributed by atoms with E-state index in [0.29, 0.717) is 0 Å². The molecular weight excluding hydrogens is 428 g/mol. The van der Waals surface area contributed by atoms with E-state index in [2.05, 4.69) is 53.4 Å². The summed E-state index contributed by atoms with van der Waals surface area (Å²) in [5, 5.41) is 0. The molecule has 2 aromatic carbocycles. The first kappa shape index (κ1) is 24.3. The first-order valence-corrected chi connectivity index (χ1v) is 12.3. The van der Waals surface area contributed by atoms with Crippen LogP contribution in [0, 0.1) is 5.92 Å². The fourth-order valence-corrected chi connectivity index (χ4v) is 5.46. The maximum atomic E-state index is 13.1. The van der Waals surface area contributed by atoms with Crippen molar-refractivity contribution in [2.45, 2.75) is 77.4 Å². The lowest BCUT2D eigenvalue weighted by molar-refractivity contribution is -0.152. The van der Waals surface area contributed by atoms with Gasteiger partial charge in [0.15, 0.2) is 0 Å². The van der Waals surface area contributed by atoms with Crippen molar-refractivity contribution in [3.63, 3.8) is 0 Å². The zero-order valence-electron chi connectivity index (χ0n) is 20.6. The first-order chi connectivity index (χ1) is 16.3. The van der Waals surface area contributed by atoms with Gasteiger partial charge in [-0.05, 0) is 51.7 Å². The Kier molecular flexibility index (Phi) is 7.27. The Morgan fingerprint density at radius 3 is 2.00 bits per heavy atom. The lowest BCUT2D eigenvalue weighted by Crippen LogP contribution is -2.57. The zero-order valence-corrected chi connectivity index (χ0v) is 20.6. The number of benzene rings is 2. The number of carbonyl (C=O) groups excluding carboxylic acids is 2. The predicted octanol–water partition coefficient (Wildman–Crippen LogP) is 5.02. The Bertz CT molecular complexity index is 931. The van der Waals surface area contributed by atoms with Gasteiger partial charge in [-0.25, -0.2) is 9.59 Å². The van der Waals surface area contributed by atoms with E-state index in [1.807, 2.05) is 32.9 Å². The number of hydrogen-bond acceptors (Lipinski definition) is 5. The normalized spacial score (nSPS) is 23.9. The molecule has 1 heterocycles. The van der Waals surface area contributed by atoms with E-state index in [1.165, 1.54) is 11.1 Å². The quantitative estimate of drug-likeness (QED) is 0.539. The van der Waals surface area contributed by atoms with Crippen LogP contribution in [0.4, 0.5) is 4.79 Å². The van der Waals surface area contributed by atoms with Gasteiger partial charge in [-0.2, -0.15) is 0 Å². The molecule has 1 amide bonds. The largest absolute Gasteiger partial charge is 0.464 e. The maximum Gasteiger partial charge on any atom is 0.411 e. The van der Waals surface area contributed by atoms with Gasteiger partial charge in [-0.1, -0.05) is 60.7 Å². The van der Waals surface area contributed by atoms with Crippen LogP contribution < -0.4 is 0 Å². The number of amides is 1. The highest BCUT2D eigenvalue weighted by atomic mass is 16.6. The minimum Gasteiger partial charge on any atom is -0.464 e. The third-order valence-electron chi connectivity index (χ3n) is 6.71. The van der Waals surface area contributed by atoms with Crippen molar-refractivity contribution in [2.75, 3.05) is 6.61 Å². The highest BCUT2D eigenvalue weighted by Gasteiger charge is 2.58. The summed E-state index contributed by atoms with van der Waals surface area (Å²) < 4.78 is 11.1. The van der Waals surface area contributed by atoms with E-state index in [0.717, 1.165) is 25.9 Å². The van der Waals surface area contributed by atoms with Crippen LogP contribution in [-0.2, 0) is 27.4 Å². The lowest BCUT2D eigenvalue weighted by atomic mass is 9.91. The molecule has 1 aliphatic heterocycles. The molecule has 182 valence electrons. The van der Waals surface area contributed by atoms with E-state index >= 15 is 0 Å². The van der Waals surface area contributed by atoms with E-state index < -0.39 is 17.7 Å². The summed E-state index contributed by atoms with van der Waals surface area (Å²) in [6.07, 6.45) is 1.18. The van der Waals surface area contributed by atoms with Gasteiger partial charge in [0.25, 0.3) is 0 Å². The molecule has 0 N–H and O–H groups in total. The summed E-state index contributed by atoms with van der Waals surface area (Å²) in [6, 6.07) is 20.4. The van der Waals surface area contributed by atoms with Gasteiger partial charge in [0.1, 0.15) is 11.6 Å². The molecule has 6 heteroatoms. The van der Waals surface area contributed by atoms with Crippen molar-refractivity contribution in [3.05, 3.63) is 71.8 Å². The number of carbonyl (C=O) groups is 2. The average molecular weight is 465 g/mol. The standard InChI is InChI=1S/C28H36N2O4/c1-5-33-26(31)25-23-16-22(30(25)27(32)34-28(2,3)4)17-24(23)29(18-20-12-8-6-9-13-20)19-21-14-10-7-11-15-21/h6-15,22-25H,5,16-19H2,1-4H3/t22-,23+,24-,25-/m0/s1. The Labute approximate surface area is 202 Å². The minimum absolute atomic E-state index is 0.00370. The summed E-state index contributed by atoms with van der Waals surface area (Å²) >= 11 is 0. The monoisotopic (exact) mass is 464 g/mol. The second-order valence-electron chi connectivity index (χ2n) is 10.3. The third-order valence-corrected chi connectivity index (χ3v) is 6.71. The number of esters is 1. The van der Waals surface area contributed by atoms with Crippen LogP contribution in [0.15, 0.2) is 60.7 Å². The highest BCUT2D eigenvalue weighted by Crippen LogP contribution is 2.46. The minimum atomic E-state index is -0.621. The summed E-state index contributed by atoms with van der Waals surface area (Å²) in [5.74, 6) is -0.325. The van der Waals surface area contributed by atoms with Crippen molar-refractivity contribution in [3.8, 4) is 0 Å². The third kappa shape index (κ3) is 5.44. The SMILES string of the molecule is CCOC(=O)[C@@H]1[C@@H]2C[C@@H](C[C@@H]2N(Cc2ccccc2)Cc2ccccc2)N1C(=O)OC(C)(C)C. The smallest absolute Gasteiger partial charge is 0.411 e. The van der Waals surface area contributed by atoms with Crippen molar-refractivity contribution in [1.82, 2.24) is 9.80 Å². The fourth-order valence-electron chi connectivity index (χ4n) is 5.46. The number of nitrogens with zero attached hydrogens (tertiary/aromatic N) is 2. The number of hydrogen-bond donors (Lipinski definition) is 0. The summed E-state index contributed by atoms with van der Waals surface area (Å²) in [7, 11) is 0. The molecule has 2 aromatic rings. The highest BCUT2D eigenvalue weighted by molar-refractivity contribution is 5.83. The molecule has 0 radical (unpaired) electrons. The predicted molar refractivity (Wildman–Crippen MR) is 131 cm³/mol. The molecule has 1 saturated carbocycles. The Hall–Kier alpha value is -2.86. The number of fused-ring (bicyclic) bond motifs is 2. The molecule has 0 spiro atoms. The van der Waals surface area contributed by atoms with Gasteiger partial charge < -0.3 is 9.47 Å². The summed E-state index contributed by atoms with van der Waals surface area (Å²) in [6.45, 7) is 9.21. The van der Waals surface area contributed by atoms with E-state index in [1.54, 1.807) is 11.8 Å². The molecule has 4 atom stereocenters. The molecule has 2 aliphatic rings. The number of rotatable bonds is 7. The topological polar surface area (TPSA) is 59.1 Å². The Morgan fingerprint density at radius 2 is 1.50 bits per heavy atom. The van der Waals surface area contributed by atoms with E-state index in [-0.39, 0.29) is 30.6 Å². The van der Waals surface area contributed by atoms with Crippen LogP contribution >= 0.6 is 0 Å². The van der Waals surface area contributed by atoms with Gasteiger partial charge in [-0.15, -0.1) is 0 Å². The lowest BCUT2D eigenvalue weighted by Gasteiger charge is -2.42. The second-order valence-corrected chi connectivity index (χ2v) is 10.3. The van der Waals surface area contributed by atoms with E-state index in [9.17, 15) is 9.59 Å². The maximum absolute atomic E-state index is 13.1. The Morgan fingerprint density at radius 1 is 0.941 bits per heavy atom. The molecule has 34 heavy (non-hydrogen) atoms. The zero-order chi connectivity index (χ0) is 24.3. The number of piperidine rings is 1. The van der Waals surface area contributed by atoms with Crippen LogP contribution in [0.1, 0.15) is 51.7 Å². The van der Waals surface area contributed by atoms with Crippen LogP contribution in [0.3, 0.4) is 0 Å². The molecular formula is C28H36N2O4. The van der Waals surface area contributed by atoms with Crippen LogP contribution in [0.5, 0.6) is 0 Å². The molecule has 1 aliphatic carbocycles. The average Bonchev–Trinajstić information content (AvgIpc) is 3.38. The van der Waals surface area contributed by atoms with Crippen molar-refractivity contribution >= 4 is 12.1 Å². The van der Waals surface area contributed by atoms with Gasteiger partial charge in [0.2, 0.25) is 0 Å². The molecule has 2 fully saturated rings. The fraction of sp³-hybridized carbons (Fsp3) is 0.500. The van der Waals surface area contributed by atoms with Crippen LogP contribution in [-0.4, -0.2) is 52.2 Å². The molecule has 6 nitrogen and oxygen atoms in total. The van der Waals surface area contributed by atoms with Gasteiger partial charge in [0, 0.05) is 31.1 Å². The number of ether oxygens (including phenoxy) is 2. The van der Waals surface area contributed by atoms with Gasteiger partial charge >= 0.3 is 12.1 Å². The number of likely N-dealkylation sites (tertiary alicyclic amines) is 1. The first-order valence-electron chi connectivity index (χ1n) is 12.3. The molecule has 1 saturated heterocycles. The van der Waals surface area contributed by atoms with Gasteiger partial charge in [0.05, 0.1) is 6.61 Å². The van der Waals surface area contributed by atoms with Crippen molar-refractivity contribution < 1.29 is 19.1 Å².